The average molecular weight is 322 g/mol. The predicted octanol–water partition coefficient (Wildman–Crippen LogP) is 6.21. The lowest BCUT2D eigenvalue weighted by Crippen LogP contribution is -2.25. The fourth-order valence-corrected chi connectivity index (χ4v) is 1.26. The SMILES string of the molecule is C.C.C.C.CCC(=O)CC(C)CC.CCCC(=O)N(C)CC. The van der Waals surface area contributed by atoms with E-state index >= 15 is 0 Å². The monoisotopic (exact) mass is 321 g/mol. The Balaban J connectivity index is -0.0000000492. The summed E-state index contributed by atoms with van der Waals surface area (Å²) in [6.07, 6.45) is 4.22. The van der Waals surface area contributed by atoms with Crippen LogP contribution in [0.15, 0.2) is 0 Å². The second-order valence-electron chi connectivity index (χ2n) is 4.77. The maximum Gasteiger partial charge on any atom is 0.222 e. The van der Waals surface area contributed by atoms with E-state index in [0.29, 0.717) is 24.5 Å². The number of amides is 1. The van der Waals surface area contributed by atoms with Crippen LogP contribution in [0, 0.1) is 5.92 Å². The minimum atomic E-state index is 0. The second-order valence-corrected chi connectivity index (χ2v) is 4.77. The number of hydrogen-bond acceptors (Lipinski definition) is 2. The molecule has 1 unspecified atom stereocenters. The van der Waals surface area contributed by atoms with E-state index in [9.17, 15) is 9.59 Å². The van der Waals surface area contributed by atoms with E-state index in [1.165, 1.54) is 0 Å². The number of rotatable bonds is 7. The summed E-state index contributed by atoms with van der Waals surface area (Å²) < 4.78 is 0. The zero-order valence-corrected chi connectivity index (χ0v) is 13.1. The summed E-state index contributed by atoms with van der Waals surface area (Å²) in [5.41, 5.74) is 0. The van der Waals surface area contributed by atoms with Crippen molar-refractivity contribution in [1.29, 1.82) is 0 Å². The van der Waals surface area contributed by atoms with Crippen molar-refractivity contribution < 1.29 is 9.59 Å². The van der Waals surface area contributed by atoms with Crippen LogP contribution in [0.4, 0.5) is 0 Å². The van der Waals surface area contributed by atoms with Gasteiger partial charge in [-0.05, 0) is 19.3 Å². The van der Waals surface area contributed by atoms with Gasteiger partial charge in [-0.2, -0.15) is 0 Å². The van der Waals surface area contributed by atoms with Crippen LogP contribution in [0.5, 0.6) is 0 Å². The van der Waals surface area contributed by atoms with Crippen LogP contribution in [0.1, 0.15) is 96.4 Å². The summed E-state index contributed by atoms with van der Waals surface area (Å²) >= 11 is 0. The smallest absolute Gasteiger partial charge is 0.222 e. The van der Waals surface area contributed by atoms with Gasteiger partial charge in [0.05, 0.1) is 0 Å². The standard InChI is InChI=1S/C8H16O.C7H15NO.4CH4/c1-4-7(3)6-8(9)5-2;1-4-6-7(9)8(3)5-2;;;;/h7H,4-6H2,1-3H3;4-6H2,1-3H3;4*1H4. The van der Waals surface area contributed by atoms with Crippen LogP contribution in [-0.4, -0.2) is 30.2 Å². The minimum absolute atomic E-state index is 0. The minimum Gasteiger partial charge on any atom is -0.346 e. The molecule has 0 aromatic carbocycles. The second kappa shape index (κ2) is 25.1. The zero-order chi connectivity index (χ0) is 14.6. The molecule has 22 heavy (non-hydrogen) atoms. The van der Waals surface area contributed by atoms with E-state index in [2.05, 4.69) is 13.8 Å². The molecule has 0 aliphatic rings. The third kappa shape index (κ3) is 24.2. The summed E-state index contributed by atoms with van der Waals surface area (Å²) in [6, 6.07) is 0. The first-order valence-corrected chi connectivity index (χ1v) is 7.18. The number of nitrogens with zero attached hydrogens (tertiary/aromatic N) is 1. The van der Waals surface area contributed by atoms with Gasteiger partial charge in [-0.1, -0.05) is 63.8 Å². The largest absolute Gasteiger partial charge is 0.346 e. The highest BCUT2D eigenvalue weighted by atomic mass is 16.2. The van der Waals surface area contributed by atoms with E-state index in [1.54, 1.807) is 4.90 Å². The molecule has 0 radical (unpaired) electrons. The molecule has 0 rings (SSSR count). The van der Waals surface area contributed by atoms with E-state index < -0.39 is 0 Å². The van der Waals surface area contributed by atoms with Crippen LogP contribution in [0.3, 0.4) is 0 Å². The maximum atomic E-state index is 10.9. The molecule has 0 aliphatic carbocycles. The van der Waals surface area contributed by atoms with Crippen molar-refractivity contribution in [3.63, 3.8) is 0 Å². The van der Waals surface area contributed by atoms with Crippen LogP contribution in [-0.2, 0) is 9.59 Å². The molecule has 0 N–H and O–H groups in total. The molecule has 1 amide bonds. The normalized spacial score (nSPS) is 9.18. The van der Waals surface area contributed by atoms with Crippen LogP contribution >= 0.6 is 0 Å². The molecule has 0 fully saturated rings. The average Bonchev–Trinajstić information content (AvgIpc) is 2.38. The van der Waals surface area contributed by atoms with Gasteiger partial charge in [0.15, 0.2) is 0 Å². The highest BCUT2D eigenvalue weighted by Crippen LogP contribution is 2.07. The molecule has 3 nitrogen and oxygen atoms in total. The molecule has 0 saturated carbocycles. The summed E-state index contributed by atoms with van der Waals surface area (Å²) in [4.78, 5) is 23.4. The van der Waals surface area contributed by atoms with Crippen LogP contribution in [0.2, 0.25) is 0 Å². The van der Waals surface area contributed by atoms with Gasteiger partial charge in [0.2, 0.25) is 5.91 Å². The molecule has 1 atom stereocenters. The fraction of sp³-hybridized carbons (Fsp3) is 0.895. The molecular weight excluding hydrogens is 274 g/mol. The zero-order valence-electron chi connectivity index (χ0n) is 13.1. The molecule has 0 spiro atoms. The van der Waals surface area contributed by atoms with E-state index in [4.69, 9.17) is 0 Å². The molecule has 3 heteroatoms. The molecule has 0 aliphatic heterocycles. The Bertz CT molecular complexity index is 227. The van der Waals surface area contributed by atoms with Crippen molar-refractivity contribution in [3.05, 3.63) is 0 Å². The number of hydrogen-bond donors (Lipinski definition) is 0. The lowest BCUT2D eigenvalue weighted by molar-refractivity contribution is -0.129. The van der Waals surface area contributed by atoms with Crippen LogP contribution < -0.4 is 0 Å². The molecular formula is C19H47NO2. The fourth-order valence-electron chi connectivity index (χ4n) is 1.26. The maximum absolute atomic E-state index is 10.9. The lowest BCUT2D eigenvalue weighted by atomic mass is 10.0. The highest BCUT2D eigenvalue weighted by molar-refractivity contribution is 5.78. The molecule has 0 saturated heterocycles. The molecule has 0 aromatic heterocycles. The topological polar surface area (TPSA) is 37.4 Å². The van der Waals surface area contributed by atoms with Crippen molar-refractivity contribution in [2.24, 2.45) is 5.92 Å². The quantitative estimate of drug-likeness (QED) is 0.559. The van der Waals surface area contributed by atoms with Crippen molar-refractivity contribution in [2.45, 2.75) is 96.4 Å². The van der Waals surface area contributed by atoms with Gasteiger partial charge in [0, 0.05) is 32.9 Å². The van der Waals surface area contributed by atoms with Gasteiger partial charge < -0.3 is 4.90 Å². The number of Topliss-reactive ketones (excluding diaryl/α,β-unsaturated/α-hetero) is 1. The van der Waals surface area contributed by atoms with Crippen molar-refractivity contribution >= 4 is 11.7 Å². The summed E-state index contributed by atoms with van der Waals surface area (Å²) in [6.45, 7) is 11.0. The van der Waals surface area contributed by atoms with E-state index in [-0.39, 0.29) is 35.6 Å². The molecule has 0 heterocycles. The van der Waals surface area contributed by atoms with Gasteiger partial charge in [-0.15, -0.1) is 0 Å². The Kier molecular flexibility index (Phi) is 42.7. The Labute approximate surface area is 142 Å². The molecule has 0 aromatic rings. The number of carbonyl (C=O) groups is 2. The van der Waals surface area contributed by atoms with E-state index in [1.807, 2.05) is 27.8 Å². The van der Waals surface area contributed by atoms with E-state index in [0.717, 1.165) is 25.8 Å². The Hall–Kier alpha value is -0.860. The Morgan fingerprint density at radius 2 is 1.41 bits per heavy atom. The number of carbonyl (C=O) groups excluding carboxylic acids is 2. The van der Waals surface area contributed by atoms with Gasteiger partial charge in [-0.25, -0.2) is 0 Å². The van der Waals surface area contributed by atoms with Crippen molar-refractivity contribution in [2.75, 3.05) is 13.6 Å². The third-order valence-electron chi connectivity index (χ3n) is 3.03. The van der Waals surface area contributed by atoms with Gasteiger partial charge in [0.1, 0.15) is 5.78 Å². The van der Waals surface area contributed by atoms with Gasteiger partial charge in [-0.3, -0.25) is 9.59 Å². The summed E-state index contributed by atoms with van der Waals surface area (Å²) in [5, 5.41) is 0. The summed E-state index contributed by atoms with van der Waals surface area (Å²) in [5.74, 6) is 1.22. The molecule has 140 valence electrons. The predicted molar refractivity (Wildman–Crippen MR) is 105 cm³/mol. The highest BCUT2D eigenvalue weighted by Gasteiger charge is 2.03. The first kappa shape index (κ1) is 37.4. The Morgan fingerprint density at radius 3 is 1.68 bits per heavy atom. The Morgan fingerprint density at radius 1 is 0.955 bits per heavy atom. The lowest BCUT2D eigenvalue weighted by Gasteiger charge is -2.12. The summed E-state index contributed by atoms with van der Waals surface area (Å²) in [7, 11) is 1.83. The van der Waals surface area contributed by atoms with Crippen molar-refractivity contribution in [1.82, 2.24) is 4.90 Å². The van der Waals surface area contributed by atoms with Gasteiger partial charge >= 0.3 is 0 Å². The van der Waals surface area contributed by atoms with Crippen molar-refractivity contribution in [3.8, 4) is 0 Å². The molecule has 0 bridgehead atoms. The first-order valence-electron chi connectivity index (χ1n) is 7.18. The van der Waals surface area contributed by atoms with Gasteiger partial charge in [0.25, 0.3) is 0 Å². The third-order valence-corrected chi connectivity index (χ3v) is 3.03. The number of ketones is 1. The van der Waals surface area contributed by atoms with Crippen LogP contribution in [0.25, 0.3) is 0 Å². The first-order chi connectivity index (χ1) is 8.42.